The summed E-state index contributed by atoms with van der Waals surface area (Å²) in [5.41, 5.74) is 0.411. The summed E-state index contributed by atoms with van der Waals surface area (Å²) in [4.78, 5) is 2.43. The van der Waals surface area contributed by atoms with Gasteiger partial charge in [-0.1, -0.05) is 53.0 Å². The highest BCUT2D eigenvalue weighted by Crippen LogP contribution is 2.64. The Kier molecular flexibility index (Phi) is 7.80. The van der Waals surface area contributed by atoms with Gasteiger partial charge in [0.2, 0.25) is 0 Å². The minimum Gasteiger partial charge on any atom is -0.391 e. The molecule has 0 aliphatic heterocycles. The van der Waals surface area contributed by atoms with Gasteiger partial charge in [0, 0.05) is 11.5 Å². The second-order valence-corrected chi connectivity index (χ2v) is 10.2. The number of nitrogens with zero attached hydrogens (tertiary/aromatic N) is 1. The lowest BCUT2D eigenvalue weighted by molar-refractivity contribution is -0.129. The van der Waals surface area contributed by atoms with Gasteiger partial charge in [0.25, 0.3) is 0 Å². The average Bonchev–Trinajstić information content (AvgIpc) is 2.85. The van der Waals surface area contributed by atoms with Crippen molar-refractivity contribution < 1.29 is 5.11 Å². The third-order valence-corrected chi connectivity index (χ3v) is 8.26. The number of aliphatic hydroxyl groups is 1. The molecule has 1 N–H and O–H groups in total. The fraction of sp³-hybridized carbons (Fsp3) is 0.917. The van der Waals surface area contributed by atoms with E-state index in [4.69, 9.17) is 0 Å². The van der Waals surface area contributed by atoms with Crippen LogP contribution in [0.3, 0.4) is 0 Å². The third kappa shape index (κ3) is 4.38. The Labute approximate surface area is 163 Å². The van der Waals surface area contributed by atoms with Crippen molar-refractivity contribution in [2.24, 2.45) is 22.7 Å². The van der Waals surface area contributed by atoms with Gasteiger partial charge in [-0.25, -0.2) is 0 Å². The fourth-order valence-corrected chi connectivity index (χ4v) is 6.07. The molecule has 0 bridgehead atoms. The number of fused-ring (bicyclic) bond motifs is 1. The second-order valence-electron chi connectivity index (χ2n) is 10.2. The number of hydrogen-bond acceptors (Lipinski definition) is 2. The maximum absolute atomic E-state index is 11.4. The molecule has 5 atom stereocenters. The zero-order valence-corrected chi connectivity index (χ0v) is 18.3. The van der Waals surface area contributed by atoms with E-state index in [0.717, 1.165) is 37.6 Å². The van der Waals surface area contributed by atoms with Gasteiger partial charge in [0.05, 0.1) is 6.10 Å². The zero-order chi connectivity index (χ0) is 19.4. The molecule has 26 heavy (non-hydrogen) atoms. The SMILES string of the molecule is C=CCCCN(C)[C@H]1CC[C@]2(C)[C@@H](CCCCC(C)C)CC[C@@]2(C)[C@H]1O. The summed E-state index contributed by atoms with van der Waals surface area (Å²) >= 11 is 0. The smallest absolute Gasteiger partial charge is 0.0753 e. The van der Waals surface area contributed by atoms with Crippen LogP contribution in [0.15, 0.2) is 12.7 Å². The molecule has 2 heteroatoms. The van der Waals surface area contributed by atoms with Crippen LogP contribution in [-0.2, 0) is 0 Å². The predicted octanol–water partition coefficient (Wildman–Crippen LogP) is 6.05. The average molecular weight is 364 g/mol. The van der Waals surface area contributed by atoms with Crippen molar-refractivity contribution in [3.8, 4) is 0 Å². The molecule has 0 spiro atoms. The first-order valence-corrected chi connectivity index (χ1v) is 11.3. The van der Waals surface area contributed by atoms with Crippen LogP contribution in [0, 0.1) is 22.7 Å². The lowest BCUT2D eigenvalue weighted by Gasteiger charge is -2.55. The Morgan fingerprint density at radius 1 is 1.12 bits per heavy atom. The summed E-state index contributed by atoms with van der Waals surface area (Å²) < 4.78 is 0. The van der Waals surface area contributed by atoms with Crippen LogP contribution in [0.4, 0.5) is 0 Å². The minimum absolute atomic E-state index is 0.0886. The molecule has 2 fully saturated rings. The molecule has 0 radical (unpaired) electrons. The highest BCUT2D eigenvalue weighted by atomic mass is 16.3. The van der Waals surface area contributed by atoms with E-state index < -0.39 is 0 Å². The quantitative estimate of drug-likeness (QED) is 0.377. The highest BCUT2D eigenvalue weighted by molar-refractivity contribution is 5.11. The lowest BCUT2D eigenvalue weighted by Crippen LogP contribution is -2.58. The van der Waals surface area contributed by atoms with Crippen LogP contribution in [0.2, 0.25) is 0 Å². The van der Waals surface area contributed by atoms with Crippen LogP contribution in [0.25, 0.3) is 0 Å². The number of hydrogen-bond donors (Lipinski definition) is 1. The number of rotatable bonds is 10. The van der Waals surface area contributed by atoms with E-state index in [1.165, 1.54) is 44.9 Å². The number of allylic oxidation sites excluding steroid dienone is 1. The third-order valence-electron chi connectivity index (χ3n) is 8.26. The van der Waals surface area contributed by atoms with E-state index in [-0.39, 0.29) is 11.5 Å². The molecule has 152 valence electrons. The van der Waals surface area contributed by atoms with Gasteiger partial charge in [0.1, 0.15) is 0 Å². The first kappa shape index (κ1) is 22.0. The van der Waals surface area contributed by atoms with Crippen LogP contribution < -0.4 is 0 Å². The van der Waals surface area contributed by atoms with Crippen molar-refractivity contribution in [3.63, 3.8) is 0 Å². The topological polar surface area (TPSA) is 23.5 Å². The molecule has 0 aromatic carbocycles. The largest absolute Gasteiger partial charge is 0.391 e. The molecular weight excluding hydrogens is 318 g/mol. The van der Waals surface area contributed by atoms with E-state index in [9.17, 15) is 5.11 Å². The van der Waals surface area contributed by atoms with Gasteiger partial charge in [-0.05, 0) is 75.8 Å². The van der Waals surface area contributed by atoms with E-state index in [0.29, 0.717) is 11.5 Å². The summed E-state index contributed by atoms with van der Waals surface area (Å²) in [5, 5.41) is 11.4. The molecule has 2 aliphatic rings. The number of likely N-dealkylation sites (N-methyl/N-ethyl adjacent to an activating group) is 1. The Morgan fingerprint density at radius 2 is 1.81 bits per heavy atom. The first-order valence-electron chi connectivity index (χ1n) is 11.3. The van der Waals surface area contributed by atoms with Crippen molar-refractivity contribution in [1.29, 1.82) is 0 Å². The van der Waals surface area contributed by atoms with Crippen LogP contribution in [0.5, 0.6) is 0 Å². The Morgan fingerprint density at radius 3 is 2.46 bits per heavy atom. The standard InChI is InChI=1S/C24H45NO/c1-7-8-11-18-25(6)21-15-17-23(4)20(13-10-9-12-19(2)3)14-16-24(23,5)22(21)26/h7,19-22,26H,1,8-18H2,2-6H3/t20-,21-,22-,23+,24-/m0/s1. The maximum atomic E-state index is 11.4. The fourth-order valence-electron chi connectivity index (χ4n) is 6.07. The van der Waals surface area contributed by atoms with Gasteiger partial charge >= 0.3 is 0 Å². The molecule has 0 aromatic rings. The molecule has 2 saturated carbocycles. The monoisotopic (exact) mass is 363 g/mol. The van der Waals surface area contributed by atoms with E-state index in [1.54, 1.807) is 0 Å². The van der Waals surface area contributed by atoms with Crippen molar-refractivity contribution >= 4 is 0 Å². The maximum Gasteiger partial charge on any atom is 0.0753 e. The summed E-state index contributed by atoms with van der Waals surface area (Å²) in [6.07, 6.45) is 14.5. The van der Waals surface area contributed by atoms with Crippen LogP contribution >= 0.6 is 0 Å². The minimum atomic E-state index is -0.185. The lowest BCUT2D eigenvalue weighted by atomic mass is 9.54. The molecular formula is C24H45NO. The first-order chi connectivity index (χ1) is 12.3. The number of unbranched alkanes of at least 4 members (excludes halogenated alkanes) is 2. The summed E-state index contributed by atoms with van der Waals surface area (Å²) in [6, 6.07) is 0.331. The molecule has 0 amide bonds. The zero-order valence-electron chi connectivity index (χ0n) is 18.3. The van der Waals surface area contributed by atoms with E-state index >= 15 is 0 Å². The molecule has 2 aliphatic carbocycles. The molecule has 0 saturated heterocycles. The van der Waals surface area contributed by atoms with Gasteiger partial charge in [-0.15, -0.1) is 6.58 Å². The second kappa shape index (κ2) is 9.24. The Balaban J connectivity index is 1.97. The number of aliphatic hydroxyl groups excluding tert-OH is 1. The summed E-state index contributed by atoms with van der Waals surface area (Å²) in [5.74, 6) is 1.63. The van der Waals surface area contributed by atoms with Crippen LogP contribution in [0.1, 0.15) is 91.9 Å². The summed E-state index contributed by atoms with van der Waals surface area (Å²) in [7, 11) is 2.21. The normalized spacial score (nSPS) is 37.3. The predicted molar refractivity (Wildman–Crippen MR) is 113 cm³/mol. The van der Waals surface area contributed by atoms with Gasteiger partial charge in [-0.3, -0.25) is 0 Å². The van der Waals surface area contributed by atoms with Crippen molar-refractivity contribution in [1.82, 2.24) is 4.90 Å². The molecule has 0 aromatic heterocycles. The van der Waals surface area contributed by atoms with E-state index in [2.05, 4.69) is 46.2 Å². The van der Waals surface area contributed by atoms with Crippen molar-refractivity contribution in [2.45, 2.75) is 104 Å². The summed E-state index contributed by atoms with van der Waals surface area (Å²) in [6.45, 7) is 14.5. The van der Waals surface area contributed by atoms with Crippen molar-refractivity contribution in [3.05, 3.63) is 12.7 Å². The molecule has 0 heterocycles. The molecule has 2 rings (SSSR count). The van der Waals surface area contributed by atoms with E-state index in [1.807, 2.05) is 6.08 Å². The molecule has 0 unspecified atom stereocenters. The van der Waals surface area contributed by atoms with Crippen molar-refractivity contribution in [2.75, 3.05) is 13.6 Å². The Bertz CT molecular complexity index is 447. The Hall–Kier alpha value is -0.340. The van der Waals surface area contributed by atoms with Gasteiger partial charge in [0.15, 0.2) is 0 Å². The van der Waals surface area contributed by atoms with Gasteiger partial charge in [-0.2, -0.15) is 0 Å². The van der Waals surface area contributed by atoms with Gasteiger partial charge < -0.3 is 10.0 Å². The van der Waals surface area contributed by atoms with Crippen LogP contribution in [-0.4, -0.2) is 35.7 Å². The highest BCUT2D eigenvalue weighted by Gasteiger charge is 2.61. The molecule has 2 nitrogen and oxygen atoms in total.